The van der Waals surface area contributed by atoms with E-state index >= 15 is 0 Å². The van der Waals surface area contributed by atoms with Crippen LogP contribution in [0.1, 0.15) is 26.3 Å². The summed E-state index contributed by atoms with van der Waals surface area (Å²) in [5, 5.41) is 11.3. The number of carbonyl (C=O) groups is 1. The average molecular weight is 351 g/mol. The van der Waals surface area contributed by atoms with Gasteiger partial charge in [0.25, 0.3) is 5.91 Å². The summed E-state index contributed by atoms with van der Waals surface area (Å²) in [6, 6.07) is 7.60. The Morgan fingerprint density at radius 1 is 1.26 bits per heavy atom. The monoisotopic (exact) mass is 351 g/mol. The normalized spacial score (nSPS) is 12.2. The molecule has 124 valence electrons. The third-order valence-corrected chi connectivity index (χ3v) is 5.28. The van der Waals surface area contributed by atoms with Gasteiger partial charge in [-0.15, -0.1) is 10.2 Å². The van der Waals surface area contributed by atoms with Gasteiger partial charge in [0, 0.05) is 5.75 Å². The van der Waals surface area contributed by atoms with Crippen molar-refractivity contribution in [3.8, 4) is 5.75 Å². The number of ether oxygens (including phenoxy) is 1. The molecule has 0 fully saturated rings. The lowest BCUT2D eigenvalue weighted by Crippen LogP contribution is -2.30. The fourth-order valence-corrected chi connectivity index (χ4v) is 3.37. The van der Waals surface area contributed by atoms with Gasteiger partial charge in [-0.05, 0) is 31.9 Å². The Balaban J connectivity index is 1.86. The summed E-state index contributed by atoms with van der Waals surface area (Å²) in [6.45, 7) is 8.02. The van der Waals surface area contributed by atoms with E-state index in [1.807, 2.05) is 31.2 Å². The summed E-state index contributed by atoms with van der Waals surface area (Å²) in [4.78, 5) is 12.2. The standard InChI is InChI=1S/C16H21N3O2S2/c1-10(2)9-22-16-19-18-15(23-16)17-14(20)12(4)21-13-7-5-11(3)6-8-13/h5-8,10,12H,9H2,1-4H3,(H,17,18,20). The summed E-state index contributed by atoms with van der Waals surface area (Å²) in [5.74, 6) is 2.01. The molecular formula is C16H21N3O2S2. The molecule has 2 aromatic rings. The van der Waals surface area contributed by atoms with Gasteiger partial charge >= 0.3 is 0 Å². The van der Waals surface area contributed by atoms with E-state index in [-0.39, 0.29) is 5.91 Å². The molecule has 0 bridgehead atoms. The van der Waals surface area contributed by atoms with Crippen LogP contribution in [-0.4, -0.2) is 28.0 Å². The van der Waals surface area contributed by atoms with Crippen molar-refractivity contribution in [1.29, 1.82) is 0 Å². The zero-order valence-corrected chi connectivity index (χ0v) is 15.3. The smallest absolute Gasteiger partial charge is 0.266 e. The van der Waals surface area contributed by atoms with Crippen molar-refractivity contribution in [1.82, 2.24) is 10.2 Å². The number of hydrogen-bond acceptors (Lipinski definition) is 6. The third-order valence-electron chi connectivity index (χ3n) is 2.88. The molecule has 1 heterocycles. The molecule has 0 saturated heterocycles. The minimum Gasteiger partial charge on any atom is -0.481 e. The molecule has 1 atom stereocenters. The van der Waals surface area contributed by atoms with Crippen molar-refractivity contribution in [2.45, 2.75) is 38.1 Å². The molecule has 0 spiro atoms. The average Bonchev–Trinajstić information content (AvgIpc) is 2.95. The number of hydrogen-bond donors (Lipinski definition) is 1. The van der Waals surface area contributed by atoms with Crippen LogP contribution >= 0.6 is 23.1 Å². The van der Waals surface area contributed by atoms with Gasteiger partial charge in [-0.2, -0.15) is 0 Å². The zero-order chi connectivity index (χ0) is 16.8. The second-order valence-electron chi connectivity index (χ2n) is 5.64. The number of nitrogens with zero attached hydrogens (tertiary/aromatic N) is 2. The molecule has 1 amide bonds. The van der Waals surface area contributed by atoms with E-state index in [2.05, 4.69) is 29.4 Å². The first kappa shape index (κ1) is 17.7. The highest BCUT2D eigenvalue weighted by molar-refractivity contribution is 8.01. The Bertz CT molecular complexity index is 641. The maximum Gasteiger partial charge on any atom is 0.266 e. The van der Waals surface area contributed by atoms with E-state index in [9.17, 15) is 4.79 Å². The van der Waals surface area contributed by atoms with Crippen LogP contribution in [0, 0.1) is 12.8 Å². The topological polar surface area (TPSA) is 64.1 Å². The van der Waals surface area contributed by atoms with E-state index in [4.69, 9.17) is 4.74 Å². The minimum absolute atomic E-state index is 0.234. The summed E-state index contributed by atoms with van der Waals surface area (Å²) in [6.07, 6.45) is -0.603. The van der Waals surface area contributed by atoms with Gasteiger partial charge in [0.15, 0.2) is 10.4 Å². The van der Waals surface area contributed by atoms with E-state index in [0.29, 0.717) is 16.8 Å². The SMILES string of the molecule is Cc1ccc(OC(C)C(=O)Nc2nnc(SCC(C)C)s2)cc1. The van der Waals surface area contributed by atoms with Gasteiger partial charge < -0.3 is 4.74 Å². The maximum atomic E-state index is 12.2. The van der Waals surface area contributed by atoms with Crippen LogP contribution in [0.4, 0.5) is 5.13 Å². The number of aromatic nitrogens is 2. The van der Waals surface area contributed by atoms with E-state index < -0.39 is 6.10 Å². The molecule has 5 nitrogen and oxygen atoms in total. The third kappa shape index (κ3) is 5.84. The molecule has 0 radical (unpaired) electrons. The predicted octanol–water partition coefficient (Wildman–Crippen LogP) is 4.00. The number of carbonyl (C=O) groups excluding carboxylic acids is 1. The van der Waals surface area contributed by atoms with Crippen LogP contribution in [0.25, 0.3) is 0 Å². The summed E-state index contributed by atoms with van der Waals surface area (Å²) in [5.41, 5.74) is 1.15. The molecule has 7 heteroatoms. The number of benzene rings is 1. The molecular weight excluding hydrogens is 330 g/mol. The number of thioether (sulfide) groups is 1. The molecule has 0 aliphatic heterocycles. The van der Waals surface area contributed by atoms with Crippen LogP contribution in [0.3, 0.4) is 0 Å². The molecule has 0 saturated carbocycles. The Kier molecular flexibility index (Phi) is 6.41. The first-order valence-corrected chi connectivity index (χ1v) is 9.24. The number of rotatable bonds is 7. The molecule has 1 aromatic carbocycles. The van der Waals surface area contributed by atoms with E-state index in [1.165, 1.54) is 11.3 Å². The van der Waals surface area contributed by atoms with Gasteiger partial charge in [0.1, 0.15) is 5.75 Å². The van der Waals surface area contributed by atoms with Crippen molar-refractivity contribution in [2.24, 2.45) is 5.92 Å². The Morgan fingerprint density at radius 2 is 1.96 bits per heavy atom. The van der Waals surface area contributed by atoms with Crippen molar-refractivity contribution in [2.75, 3.05) is 11.1 Å². The highest BCUT2D eigenvalue weighted by atomic mass is 32.2. The quantitative estimate of drug-likeness (QED) is 0.603. The van der Waals surface area contributed by atoms with Gasteiger partial charge in [-0.25, -0.2) is 0 Å². The van der Waals surface area contributed by atoms with Gasteiger partial charge in [0.05, 0.1) is 0 Å². The molecule has 0 aliphatic rings. The Labute approximate surface area is 144 Å². The first-order chi connectivity index (χ1) is 10.9. The minimum atomic E-state index is -0.603. The maximum absolute atomic E-state index is 12.2. The lowest BCUT2D eigenvalue weighted by molar-refractivity contribution is -0.122. The fourth-order valence-electron chi connectivity index (χ4n) is 1.64. The second-order valence-corrected chi connectivity index (χ2v) is 7.89. The van der Waals surface area contributed by atoms with Gasteiger partial charge in [0.2, 0.25) is 5.13 Å². The summed E-state index contributed by atoms with van der Waals surface area (Å²) in [7, 11) is 0. The summed E-state index contributed by atoms with van der Waals surface area (Å²) < 4.78 is 6.49. The second kappa shape index (κ2) is 8.31. The van der Waals surface area contributed by atoms with Crippen LogP contribution in [0.5, 0.6) is 5.75 Å². The van der Waals surface area contributed by atoms with Crippen molar-refractivity contribution < 1.29 is 9.53 Å². The Hall–Kier alpha value is -1.60. The van der Waals surface area contributed by atoms with E-state index in [1.54, 1.807) is 18.7 Å². The highest BCUT2D eigenvalue weighted by Crippen LogP contribution is 2.27. The van der Waals surface area contributed by atoms with Crippen molar-refractivity contribution in [3.05, 3.63) is 29.8 Å². The van der Waals surface area contributed by atoms with Crippen LogP contribution in [-0.2, 0) is 4.79 Å². The molecule has 1 N–H and O–H groups in total. The molecule has 23 heavy (non-hydrogen) atoms. The van der Waals surface area contributed by atoms with Gasteiger partial charge in [-0.1, -0.05) is 54.6 Å². The highest BCUT2D eigenvalue weighted by Gasteiger charge is 2.17. The number of nitrogens with one attached hydrogen (secondary N) is 1. The van der Waals surface area contributed by atoms with Crippen LogP contribution in [0.2, 0.25) is 0 Å². The number of anilines is 1. The first-order valence-electron chi connectivity index (χ1n) is 7.44. The van der Waals surface area contributed by atoms with Crippen molar-refractivity contribution >= 4 is 34.1 Å². The number of amides is 1. The van der Waals surface area contributed by atoms with Gasteiger partial charge in [-0.3, -0.25) is 10.1 Å². The summed E-state index contributed by atoms with van der Waals surface area (Å²) >= 11 is 3.03. The largest absolute Gasteiger partial charge is 0.481 e. The zero-order valence-electron chi connectivity index (χ0n) is 13.7. The predicted molar refractivity (Wildman–Crippen MR) is 95.4 cm³/mol. The number of aryl methyl sites for hydroxylation is 1. The molecule has 1 unspecified atom stereocenters. The fraction of sp³-hybridized carbons (Fsp3) is 0.438. The van der Waals surface area contributed by atoms with E-state index in [0.717, 1.165) is 15.7 Å². The lowest BCUT2D eigenvalue weighted by Gasteiger charge is -2.13. The van der Waals surface area contributed by atoms with Crippen molar-refractivity contribution in [3.63, 3.8) is 0 Å². The Morgan fingerprint density at radius 3 is 2.61 bits per heavy atom. The van der Waals surface area contributed by atoms with Crippen LogP contribution < -0.4 is 10.1 Å². The molecule has 1 aromatic heterocycles. The molecule has 2 rings (SSSR count). The molecule has 0 aliphatic carbocycles. The van der Waals surface area contributed by atoms with Crippen LogP contribution in [0.15, 0.2) is 28.6 Å². The lowest BCUT2D eigenvalue weighted by atomic mass is 10.2.